The van der Waals surface area contributed by atoms with Gasteiger partial charge in [-0.05, 0) is 35.9 Å². The highest BCUT2D eigenvalue weighted by atomic mass is 35.5. The topological polar surface area (TPSA) is 54.0 Å². The predicted octanol–water partition coefficient (Wildman–Crippen LogP) is 4.41. The van der Waals surface area contributed by atoms with Crippen LogP contribution in [-0.4, -0.2) is 11.0 Å². The fourth-order valence-corrected chi connectivity index (χ4v) is 2.89. The fraction of sp³-hybridized carbons (Fsp3) is 0.0667. The van der Waals surface area contributed by atoms with Crippen molar-refractivity contribution in [3.05, 3.63) is 58.9 Å². The number of benzene rings is 2. The number of nitrogens with zero attached hydrogens (tertiary/aromatic N) is 1. The number of hydrogen-bond donors (Lipinski definition) is 2. The van der Waals surface area contributed by atoms with Gasteiger partial charge in [0, 0.05) is 11.6 Å². The summed E-state index contributed by atoms with van der Waals surface area (Å²) in [6, 6.07) is 11.1. The molecule has 0 atom stereocenters. The summed E-state index contributed by atoms with van der Waals surface area (Å²) in [4.78, 5) is 16.1. The second-order valence-electron chi connectivity index (χ2n) is 4.57. The first-order valence-electron chi connectivity index (χ1n) is 6.45. The summed E-state index contributed by atoms with van der Waals surface area (Å²) in [6.45, 7) is 0.378. The SMILES string of the molecule is O=C(NCc1ccc(Cl)cc1)Nc1nc2ccc(F)cc2s1. The Morgan fingerprint density at radius 2 is 2.00 bits per heavy atom. The molecular formula is C15H11ClFN3OS. The molecule has 0 saturated carbocycles. The minimum Gasteiger partial charge on any atom is -0.334 e. The zero-order valence-corrected chi connectivity index (χ0v) is 12.8. The molecular weight excluding hydrogens is 325 g/mol. The first-order chi connectivity index (χ1) is 10.6. The van der Waals surface area contributed by atoms with Gasteiger partial charge in [0.1, 0.15) is 5.82 Å². The van der Waals surface area contributed by atoms with Crippen molar-refractivity contribution < 1.29 is 9.18 Å². The zero-order valence-electron chi connectivity index (χ0n) is 11.3. The van der Waals surface area contributed by atoms with Gasteiger partial charge in [-0.15, -0.1) is 0 Å². The minimum absolute atomic E-state index is 0.324. The number of anilines is 1. The van der Waals surface area contributed by atoms with Gasteiger partial charge in [0.15, 0.2) is 5.13 Å². The van der Waals surface area contributed by atoms with E-state index in [9.17, 15) is 9.18 Å². The molecule has 2 aromatic carbocycles. The maximum atomic E-state index is 13.1. The van der Waals surface area contributed by atoms with Gasteiger partial charge < -0.3 is 5.32 Å². The normalized spacial score (nSPS) is 10.6. The molecule has 22 heavy (non-hydrogen) atoms. The van der Waals surface area contributed by atoms with E-state index in [-0.39, 0.29) is 11.8 Å². The number of urea groups is 1. The number of hydrogen-bond acceptors (Lipinski definition) is 3. The molecule has 0 aliphatic rings. The van der Waals surface area contributed by atoms with Crippen LogP contribution in [0.1, 0.15) is 5.56 Å². The molecule has 3 rings (SSSR count). The molecule has 0 radical (unpaired) electrons. The lowest BCUT2D eigenvalue weighted by molar-refractivity contribution is 0.251. The van der Waals surface area contributed by atoms with Crippen LogP contribution in [0.4, 0.5) is 14.3 Å². The molecule has 0 unspecified atom stereocenters. The van der Waals surface area contributed by atoms with Crippen molar-refractivity contribution in [3.8, 4) is 0 Å². The molecule has 0 fully saturated rings. The number of amides is 2. The molecule has 0 aliphatic carbocycles. The van der Waals surface area contributed by atoms with Crippen LogP contribution in [0.3, 0.4) is 0 Å². The van der Waals surface area contributed by atoms with Gasteiger partial charge in [-0.2, -0.15) is 0 Å². The monoisotopic (exact) mass is 335 g/mol. The molecule has 2 N–H and O–H groups in total. The largest absolute Gasteiger partial charge is 0.334 e. The summed E-state index contributed by atoms with van der Waals surface area (Å²) >= 11 is 7.02. The smallest absolute Gasteiger partial charge is 0.321 e. The van der Waals surface area contributed by atoms with Crippen LogP contribution in [0.25, 0.3) is 10.2 Å². The number of aromatic nitrogens is 1. The highest BCUT2D eigenvalue weighted by Gasteiger charge is 2.08. The molecule has 7 heteroatoms. The van der Waals surface area contributed by atoms with E-state index in [0.717, 1.165) is 5.56 Å². The molecule has 0 saturated heterocycles. The Morgan fingerprint density at radius 3 is 2.77 bits per heavy atom. The standard InChI is InChI=1S/C15H11ClFN3OS/c16-10-3-1-9(2-4-10)8-18-14(21)20-15-19-12-6-5-11(17)7-13(12)22-15/h1-7H,8H2,(H2,18,19,20,21). The van der Waals surface area contributed by atoms with Crippen LogP contribution in [0.2, 0.25) is 5.02 Å². The van der Waals surface area contributed by atoms with E-state index in [1.54, 1.807) is 18.2 Å². The number of fused-ring (bicyclic) bond motifs is 1. The second-order valence-corrected chi connectivity index (χ2v) is 6.03. The summed E-state index contributed by atoms with van der Waals surface area (Å²) in [5, 5.41) is 6.44. The summed E-state index contributed by atoms with van der Waals surface area (Å²) in [7, 11) is 0. The Labute approximate surface area is 134 Å². The van der Waals surface area contributed by atoms with Crippen molar-refractivity contribution in [2.24, 2.45) is 0 Å². The lowest BCUT2D eigenvalue weighted by Gasteiger charge is -2.05. The van der Waals surface area contributed by atoms with E-state index in [4.69, 9.17) is 11.6 Å². The molecule has 112 valence electrons. The van der Waals surface area contributed by atoms with Crippen molar-refractivity contribution in [1.29, 1.82) is 0 Å². The summed E-state index contributed by atoms with van der Waals surface area (Å²) < 4.78 is 13.8. The molecule has 3 aromatic rings. The van der Waals surface area contributed by atoms with Crippen LogP contribution in [0.5, 0.6) is 0 Å². The zero-order chi connectivity index (χ0) is 15.5. The average molecular weight is 336 g/mol. The van der Waals surface area contributed by atoms with E-state index < -0.39 is 0 Å². The van der Waals surface area contributed by atoms with E-state index in [1.165, 1.54) is 23.5 Å². The Balaban J connectivity index is 1.61. The molecule has 1 aromatic heterocycles. The van der Waals surface area contributed by atoms with Gasteiger partial charge in [0.2, 0.25) is 0 Å². The third kappa shape index (κ3) is 3.52. The minimum atomic E-state index is -0.366. The highest BCUT2D eigenvalue weighted by Crippen LogP contribution is 2.26. The number of rotatable bonds is 3. The maximum Gasteiger partial charge on any atom is 0.321 e. The van der Waals surface area contributed by atoms with Crippen LogP contribution in [-0.2, 0) is 6.54 Å². The Bertz CT molecular complexity index is 819. The Morgan fingerprint density at radius 1 is 1.23 bits per heavy atom. The van der Waals surface area contributed by atoms with Crippen molar-refractivity contribution in [2.75, 3.05) is 5.32 Å². The highest BCUT2D eigenvalue weighted by molar-refractivity contribution is 7.22. The maximum absolute atomic E-state index is 13.1. The first-order valence-corrected chi connectivity index (χ1v) is 7.65. The van der Waals surface area contributed by atoms with Gasteiger partial charge in [-0.1, -0.05) is 35.1 Å². The van der Waals surface area contributed by atoms with Crippen LogP contribution >= 0.6 is 22.9 Å². The van der Waals surface area contributed by atoms with E-state index >= 15 is 0 Å². The van der Waals surface area contributed by atoms with Gasteiger partial charge in [0.25, 0.3) is 0 Å². The van der Waals surface area contributed by atoms with Crippen molar-refractivity contribution >= 4 is 44.3 Å². The van der Waals surface area contributed by atoms with Crippen LogP contribution in [0, 0.1) is 5.82 Å². The lowest BCUT2D eigenvalue weighted by Crippen LogP contribution is -2.28. The lowest BCUT2D eigenvalue weighted by atomic mass is 10.2. The van der Waals surface area contributed by atoms with Crippen molar-refractivity contribution in [1.82, 2.24) is 10.3 Å². The second kappa shape index (κ2) is 6.29. The number of halogens is 2. The molecule has 4 nitrogen and oxygen atoms in total. The molecule has 0 spiro atoms. The molecule has 2 amide bonds. The first kappa shape index (κ1) is 14.7. The number of nitrogens with one attached hydrogen (secondary N) is 2. The van der Waals surface area contributed by atoms with Gasteiger partial charge in [-0.25, -0.2) is 14.2 Å². The summed E-state index contributed by atoms with van der Waals surface area (Å²) in [5.74, 6) is -0.324. The van der Waals surface area contributed by atoms with E-state index in [1.807, 2.05) is 12.1 Å². The number of carbonyl (C=O) groups is 1. The van der Waals surface area contributed by atoms with Gasteiger partial charge in [-0.3, -0.25) is 5.32 Å². The average Bonchev–Trinajstić information content (AvgIpc) is 2.88. The van der Waals surface area contributed by atoms with E-state index in [0.29, 0.717) is 26.9 Å². The van der Waals surface area contributed by atoms with Crippen molar-refractivity contribution in [2.45, 2.75) is 6.54 Å². The molecule has 0 aliphatic heterocycles. The summed E-state index contributed by atoms with van der Waals surface area (Å²) in [6.07, 6.45) is 0. The third-order valence-electron chi connectivity index (χ3n) is 2.94. The van der Waals surface area contributed by atoms with Gasteiger partial charge >= 0.3 is 6.03 Å². The van der Waals surface area contributed by atoms with Gasteiger partial charge in [0.05, 0.1) is 10.2 Å². The van der Waals surface area contributed by atoms with Crippen LogP contribution < -0.4 is 10.6 Å². The fourth-order valence-electron chi connectivity index (χ4n) is 1.88. The number of thiazole rings is 1. The van der Waals surface area contributed by atoms with E-state index in [2.05, 4.69) is 15.6 Å². The quantitative estimate of drug-likeness (QED) is 0.745. The van der Waals surface area contributed by atoms with Crippen molar-refractivity contribution in [3.63, 3.8) is 0 Å². The predicted molar refractivity (Wildman–Crippen MR) is 86.9 cm³/mol. The van der Waals surface area contributed by atoms with Crippen LogP contribution in [0.15, 0.2) is 42.5 Å². The number of carbonyl (C=O) groups excluding carboxylic acids is 1. The molecule has 1 heterocycles. The summed E-state index contributed by atoms with van der Waals surface area (Å²) in [5.41, 5.74) is 1.59. The Hall–Kier alpha value is -2.18. The Kier molecular flexibility index (Phi) is 4.22. The molecule has 0 bridgehead atoms. The third-order valence-corrected chi connectivity index (χ3v) is 4.12.